The summed E-state index contributed by atoms with van der Waals surface area (Å²) in [5.41, 5.74) is 0.170. The van der Waals surface area contributed by atoms with Crippen molar-refractivity contribution in [2.24, 2.45) is 5.92 Å². The molecule has 1 unspecified atom stereocenters. The van der Waals surface area contributed by atoms with Crippen LogP contribution in [0.4, 0.5) is 0 Å². The molecule has 1 aromatic heterocycles. The Bertz CT molecular complexity index is 438. The van der Waals surface area contributed by atoms with Crippen molar-refractivity contribution in [1.29, 1.82) is 0 Å². The van der Waals surface area contributed by atoms with E-state index in [0.717, 1.165) is 38.7 Å². The Kier molecular flexibility index (Phi) is 3.91. The van der Waals surface area contributed by atoms with Gasteiger partial charge in [0, 0.05) is 19.1 Å². The largest absolute Gasteiger partial charge is 0.486 e. The van der Waals surface area contributed by atoms with Gasteiger partial charge in [0.1, 0.15) is 0 Å². The first kappa shape index (κ1) is 13.4. The van der Waals surface area contributed by atoms with Gasteiger partial charge in [-0.3, -0.25) is 4.68 Å². The molecule has 0 amide bonds. The van der Waals surface area contributed by atoms with Gasteiger partial charge < -0.3 is 14.6 Å². The van der Waals surface area contributed by atoms with E-state index in [4.69, 9.17) is 9.47 Å². The minimum atomic E-state index is -0.977. The van der Waals surface area contributed by atoms with Crippen LogP contribution >= 0.6 is 0 Å². The molecule has 2 aliphatic rings. The summed E-state index contributed by atoms with van der Waals surface area (Å²) in [4.78, 5) is 11.5. The van der Waals surface area contributed by atoms with Crippen LogP contribution in [-0.2, 0) is 11.3 Å². The van der Waals surface area contributed by atoms with E-state index in [0.29, 0.717) is 24.8 Å². The molecule has 1 aromatic rings. The number of carboxylic acid groups (broad SMARTS) is 1. The molecular formula is C14H20N2O4. The van der Waals surface area contributed by atoms with Crippen LogP contribution in [0.2, 0.25) is 0 Å². The number of rotatable bonds is 5. The molecule has 20 heavy (non-hydrogen) atoms. The van der Waals surface area contributed by atoms with E-state index in [9.17, 15) is 9.90 Å². The second-order valence-corrected chi connectivity index (χ2v) is 5.60. The third-order valence-electron chi connectivity index (χ3n) is 4.06. The standard InChI is InChI=1S/C14H20N2O4/c17-14(18)13-12(20-11-3-1-2-4-11)7-15-16(13)8-10-5-6-19-9-10/h7,10-11H,1-6,8-9H2,(H,17,18). The first-order valence-electron chi connectivity index (χ1n) is 7.27. The molecule has 6 nitrogen and oxygen atoms in total. The summed E-state index contributed by atoms with van der Waals surface area (Å²) < 4.78 is 12.7. The van der Waals surface area contributed by atoms with Crippen molar-refractivity contribution in [3.05, 3.63) is 11.9 Å². The Morgan fingerprint density at radius 2 is 2.25 bits per heavy atom. The van der Waals surface area contributed by atoms with E-state index in [1.807, 2.05) is 0 Å². The summed E-state index contributed by atoms with van der Waals surface area (Å²) in [5.74, 6) is -0.231. The number of aromatic carboxylic acids is 1. The van der Waals surface area contributed by atoms with Gasteiger partial charge >= 0.3 is 5.97 Å². The smallest absolute Gasteiger partial charge is 0.358 e. The predicted molar refractivity (Wildman–Crippen MR) is 71.0 cm³/mol. The molecule has 110 valence electrons. The summed E-state index contributed by atoms with van der Waals surface area (Å²) in [5, 5.41) is 13.6. The fraction of sp³-hybridized carbons (Fsp3) is 0.714. The Morgan fingerprint density at radius 3 is 2.90 bits per heavy atom. The molecule has 1 N–H and O–H groups in total. The van der Waals surface area contributed by atoms with Crippen molar-refractivity contribution in [1.82, 2.24) is 9.78 Å². The third-order valence-corrected chi connectivity index (χ3v) is 4.06. The molecule has 1 saturated carbocycles. The van der Waals surface area contributed by atoms with Gasteiger partial charge in [-0.1, -0.05) is 0 Å². The topological polar surface area (TPSA) is 73.6 Å². The van der Waals surface area contributed by atoms with Crippen LogP contribution in [0.5, 0.6) is 5.75 Å². The van der Waals surface area contributed by atoms with Gasteiger partial charge in [0.05, 0.1) is 18.9 Å². The first-order valence-corrected chi connectivity index (χ1v) is 7.27. The van der Waals surface area contributed by atoms with Crippen molar-refractivity contribution >= 4 is 5.97 Å². The number of ether oxygens (including phenoxy) is 2. The minimum Gasteiger partial charge on any atom is -0.486 e. The number of carbonyl (C=O) groups is 1. The Labute approximate surface area is 117 Å². The molecule has 2 heterocycles. The molecule has 1 aliphatic heterocycles. The van der Waals surface area contributed by atoms with Crippen LogP contribution < -0.4 is 4.74 Å². The number of aromatic nitrogens is 2. The Morgan fingerprint density at radius 1 is 1.45 bits per heavy atom. The van der Waals surface area contributed by atoms with E-state index in [-0.39, 0.29) is 11.8 Å². The van der Waals surface area contributed by atoms with Crippen molar-refractivity contribution in [2.75, 3.05) is 13.2 Å². The lowest BCUT2D eigenvalue weighted by atomic mass is 10.1. The van der Waals surface area contributed by atoms with Crippen LogP contribution in [0, 0.1) is 5.92 Å². The normalized spacial score (nSPS) is 23.3. The van der Waals surface area contributed by atoms with Gasteiger partial charge in [-0.05, 0) is 32.1 Å². The lowest BCUT2D eigenvalue weighted by molar-refractivity contribution is 0.0673. The molecule has 1 saturated heterocycles. The van der Waals surface area contributed by atoms with Gasteiger partial charge in [0.2, 0.25) is 0 Å². The summed E-state index contributed by atoms with van der Waals surface area (Å²) >= 11 is 0. The van der Waals surface area contributed by atoms with Gasteiger partial charge in [-0.25, -0.2) is 4.79 Å². The Hall–Kier alpha value is -1.56. The van der Waals surface area contributed by atoms with Crippen molar-refractivity contribution in [3.63, 3.8) is 0 Å². The number of carboxylic acids is 1. The second-order valence-electron chi connectivity index (χ2n) is 5.60. The minimum absolute atomic E-state index is 0.139. The van der Waals surface area contributed by atoms with Gasteiger partial charge in [0.25, 0.3) is 0 Å². The zero-order valence-corrected chi connectivity index (χ0v) is 11.5. The van der Waals surface area contributed by atoms with Crippen LogP contribution in [0.1, 0.15) is 42.6 Å². The average molecular weight is 280 g/mol. The molecule has 0 spiro atoms. The number of nitrogens with zero attached hydrogens (tertiary/aromatic N) is 2. The summed E-state index contributed by atoms with van der Waals surface area (Å²) in [6.07, 6.45) is 6.94. The highest BCUT2D eigenvalue weighted by molar-refractivity contribution is 5.88. The summed E-state index contributed by atoms with van der Waals surface area (Å²) in [6.45, 7) is 2.01. The van der Waals surface area contributed by atoms with E-state index in [2.05, 4.69) is 5.10 Å². The highest BCUT2D eigenvalue weighted by Crippen LogP contribution is 2.27. The van der Waals surface area contributed by atoms with E-state index >= 15 is 0 Å². The van der Waals surface area contributed by atoms with E-state index in [1.165, 1.54) is 6.20 Å². The monoisotopic (exact) mass is 280 g/mol. The maximum atomic E-state index is 11.5. The van der Waals surface area contributed by atoms with Crippen molar-refractivity contribution in [2.45, 2.75) is 44.8 Å². The summed E-state index contributed by atoms with van der Waals surface area (Å²) in [6, 6.07) is 0. The molecule has 0 aromatic carbocycles. The van der Waals surface area contributed by atoms with E-state index < -0.39 is 5.97 Å². The van der Waals surface area contributed by atoms with Crippen LogP contribution in [0.15, 0.2) is 6.20 Å². The van der Waals surface area contributed by atoms with Crippen LogP contribution in [0.3, 0.4) is 0 Å². The van der Waals surface area contributed by atoms with Crippen molar-refractivity contribution in [3.8, 4) is 5.75 Å². The molecule has 1 aliphatic carbocycles. The molecule has 0 radical (unpaired) electrons. The lowest BCUT2D eigenvalue weighted by Gasteiger charge is -2.13. The zero-order valence-electron chi connectivity index (χ0n) is 11.5. The fourth-order valence-electron chi connectivity index (χ4n) is 2.97. The molecule has 3 rings (SSSR count). The number of hydrogen-bond donors (Lipinski definition) is 1. The second kappa shape index (κ2) is 5.83. The highest BCUT2D eigenvalue weighted by Gasteiger charge is 2.26. The van der Waals surface area contributed by atoms with Crippen molar-refractivity contribution < 1.29 is 19.4 Å². The highest BCUT2D eigenvalue weighted by atomic mass is 16.5. The maximum absolute atomic E-state index is 11.5. The lowest BCUT2D eigenvalue weighted by Crippen LogP contribution is -2.18. The zero-order chi connectivity index (χ0) is 13.9. The molecule has 1 atom stereocenters. The molecular weight excluding hydrogens is 260 g/mol. The molecule has 6 heteroatoms. The molecule has 2 fully saturated rings. The van der Waals surface area contributed by atoms with Gasteiger partial charge in [-0.2, -0.15) is 5.10 Å². The maximum Gasteiger partial charge on any atom is 0.358 e. The van der Waals surface area contributed by atoms with Gasteiger partial charge in [0.15, 0.2) is 11.4 Å². The number of hydrogen-bond acceptors (Lipinski definition) is 4. The SMILES string of the molecule is O=C(O)c1c(OC2CCCC2)cnn1CC1CCOC1. The third kappa shape index (κ3) is 2.80. The quantitative estimate of drug-likeness (QED) is 0.892. The van der Waals surface area contributed by atoms with Gasteiger partial charge in [-0.15, -0.1) is 0 Å². The van der Waals surface area contributed by atoms with E-state index in [1.54, 1.807) is 4.68 Å². The summed E-state index contributed by atoms with van der Waals surface area (Å²) in [7, 11) is 0. The predicted octanol–water partition coefficient (Wildman–Crippen LogP) is 1.94. The van der Waals surface area contributed by atoms with Crippen LogP contribution in [0.25, 0.3) is 0 Å². The molecule has 0 bridgehead atoms. The fourth-order valence-corrected chi connectivity index (χ4v) is 2.97. The average Bonchev–Trinajstić information content (AvgIpc) is 3.12. The van der Waals surface area contributed by atoms with Crippen LogP contribution in [-0.4, -0.2) is 40.2 Å². The Balaban J connectivity index is 1.75. The first-order chi connectivity index (χ1) is 9.74.